The normalized spacial score (nSPS) is 10.4. The van der Waals surface area contributed by atoms with Crippen LogP contribution in [0.2, 0.25) is 0 Å². The molecule has 0 aromatic heterocycles. The third-order valence-corrected chi connectivity index (χ3v) is 4.55. The smallest absolute Gasteiger partial charge is 0.254 e. The summed E-state index contributed by atoms with van der Waals surface area (Å²) < 4.78 is 11.3. The van der Waals surface area contributed by atoms with Gasteiger partial charge in [0, 0.05) is 25.2 Å². The van der Waals surface area contributed by atoms with E-state index in [1.807, 2.05) is 60.7 Å². The number of nitrogens with two attached hydrogens (primary N) is 1. The van der Waals surface area contributed by atoms with E-state index in [0.717, 1.165) is 11.1 Å². The Labute approximate surface area is 171 Å². The molecule has 0 aliphatic heterocycles. The molecule has 5 nitrogen and oxygen atoms in total. The summed E-state index contributed by atoms with van der Waals surface area (Å²) in [7, 11) is 1.57. The molecule has 29 heavy (non-hydrogen) atoms. The van der Waals surface area contributed by atoms with Crippen molar-refractivity contribution in [2.45, 2.75) is 13.2 Å². The summed E-state index contributed by atoms with van der Waals surface area (Å²) in [4.78, 5) is 14.8. The molecule has 0 aliphatic rings. The van der Waals surface area contributed by atoms with E-state index in [1.54, 1.807) is 30.2 Å². The Hall–Kier alpha value is -3.31. The van der Waals surface area contributed by atoms with Crippen molar-refractivity contribution in [1.29, 1.82) is 0 Å². The van der Waals surface area contributed by atoms with Gasteiger partial charge in [-0.2, -0.15) is 0 Å². The van der Waals surface area contributed by atoms with Gasteiger partial charge in [0.25, 0.3) is 5.91 Å². The Morgan fingerprint density at radius 2 is 1.55 bits per heavy atom. The first-order valence-electron chi connectivity index (χ1n) is 9.59. The van der Waals surface area contributed by atoms with Crippen LogP contribution >= 0.6 is 0 Å². The van der Waals surface area contributed by atoms with Crippen molar-refractivity contribution < 1.29 is 14.3 Å². The maximum Gasteiger partial charge on any atom is 0.254 e. The number of benzene rings is 3. The first kappa shape index (κ1) is 20.4. The standard InChI is InChI=1S/C24H26N2O3/c1-28-23-16-21(12-13-22(23)29-18-20-10-6-3-7-11-20)24(27)26(15-14-25)17-19-8-4-2-5-9-19/h2-13,16H,14-15,17-18,25H2,1H3. The van der Waals surface area contributed by atoms with Gasteiger partial charge in [-0.3, -0.25) is 4.79 Å². The van der Waals surface area contributed by atoms with Gasteiger partial charge in [-0.25, -0.2) is 0 Å². The molecule has 0 radical (unpaired) electrons. The number of amides is 1. The van der Waals surface area contributed by atoms with Gasteiger partial charge in [-0.1, -0.05) is 60.7 Å². The third kappa shape index (κ3) is 5.59. The van der Waals surface area contributed by atoms with E-state index >= 15 is 0 Å². The summed E-state index contributed by atoms with van der Waals surface area (Å²) in [5.74, 6) is 1.03. The number of hydrogen-bond donors (Lipinski definition) is 1. The van der Waals surface area contributed by atoms with Crippen LogP contribution in [0.3, 0.4) is 0 Å². The van der Waals surface area contributed by atoms with Gasteiger partial charge in [0.15, 0.2) is 11.5 Å². The molecule has 0 heterocycles. The lowest BCUT2D eigenvalue weighted by Gasteiger charge is -2.23. The van der Waals surface area contributed by atoms with Crippen LogP contribution in [0.5, 0.6) is 11.5 Å². The number of carbonyl (C=O) groups is 1. The molecule has 3 aromatic carbocycles. The van der Waals surface area contributed by atoms with Gasteiger partial charge in [0.2, 0.25) is 0 Å². The van der Waals surface area contributed by atoms with E-state index in [1.165, 1.54) is 0 Å². The van der Waals surface area contributed by atoms with Crippen LogP contribution in [0.25, 0.3) is 0 Å². The van der Waals surface area contributed by atoms with Crippen LogP contribution in [0.1, 0.15) is 21.5 Å². The fourth-order valence-corrected chi connectivity index (χ4v) is 3.05. The van der Waals surface area contributed by atoms with Crippen LogP contribution in [0.4, 0.5) is 0 Å². The lowest BCUT2D eigenvalue weighted by Crippen LogP contribution is -2.34. The highest BCUT2D eigenvalue weighted by molar-refractivity contribution is 5.95. The summed E-state index contributed by atoms with van der Waals surface area (Å²) >= 11 is 0. The first-order chi connectivity index (χ1) is 14.2. The topological polar surface area (TPSA) is 64.8 Å². The average molecular weight is 390 g/mol. The number of nitrogens with zero attached hydrogens (tertiary/aromatic N) is 1. The maximum atomic E-state index is 13.1. The van der Waals surface area contributed by atoms with Crippen LogP contribution in [-0.2, 0) is 13.2 Å². The van der Waals surface area contributed by atoms with Crippen LogP contribution < -0.4 is 15.2 Å². The van der Waals surface area contributed by atoms with E-state index in [-0.39, 0.29) is 5.91 Å². The molecule has 0 bridgehead atoms. The fraction of sp³-hybridized carbons (Fsp3) is 0.208. The van der Waals surface area contributed by atoms with Gasteiger partial charge in [0.05, 0.1) is 7.11 Å². The Bertz CT molecular complexity index is 914. The van der Waals surface area contributed by atoms with Crippen molar-refractivity contribution in [2.75, 3.05) is 20.2 Å². The zero-order chi connectivity index (χ0) is 20.5. The van der Waals surface area contributed by atoms with Crippen molar-refractivity contribution in [1.82, 2.24) is 4.90 Å². The van der Waals surface area contributed by atoms with Gasteiger partial charge in [-0.15, -0.1) is 0 Å². The van der Waals surface area contributed by atoms with Crippen LogP contribution in [-0.4, -0.2) is 31.0 Å². The monoisotopic (exact) mass is 390 g/mol. The number of carbonyl (C=O) groups excluding carboxylic acids is 1. The van der Waals surface area contributed by atoms with Gasteiger partial charge in [0.1, 0.15) is 6.61 Å². The lowest BCUT2D eigenvalue weighted by atomic mass is 10.1. The van der Waals surface area contributed by atoms with E-state index in [0.29, 0.717) is 43.3 Å². The molecular weight excluding hydrogens is 364 g/mol. The van der Waals surface area contributed by atoms with E-state index in [2.05, 4.69) is 0 Å². The van der Waals surface area contributed by atoms with Gasteiger partial charge < -0.3 is 20.1 Å². The zero-order valence-electron chi connectivity index (χ0n) is 16.6. The second-order valence-corrected chi connectivity index (χ2v) is 6.64. The first-order valence-corrected chi connectivity index (χ1v) is 9.59. The number of methoxy groups -OCH3 is 1. The third-order valence-electron chi connectivity index (χ3n) is 4.55. The molecular formula is C24H26N2O3. The number of ether oxygens (including phenoxy) is 2. The minimum Gasteiger partial charge on any atom is -0.493 e. The Balaban J connectivity index is 1.75. The highest BCUT2D eigenvalue weighted by Crippen LogP contribution is 2.29. The minimum absolute atomic E-state index is 0.0905. The average Bonchev–Trinajstić information content (AvgIpc) is 2.78. The van der Waals surface area contributed by atoms with Crippen LogP contribution in [0, 0.1) is 0 Å². The summed E-state index contributed by atoms with van der Waals surface area (Å²) in [6.07, 6.45) is 0. The Morgan fingerprint density at radius 3 is 2.17 bits per heavy atom. The van der Waals surface area contributed by atoms with Crippen molar-refractivity contribution >= 4 is 5.91 Å². The van der Waals surface area contributed by atoms with Gasteiger partial charge in [-0.05, 0) is 29.3 Å². The quantitative estimate of drug-likeness (QED) is 0.602. The second-order valence-electron chi connectivity index (χ2n) is 6.64. The molecule has 0 spiro atoms. The van der Waals surface area contributed by atoms with Crippen molar-refractivity contribution in [3.05, 3.63) is 95.6 Å². The summed E-state index contributed by atoms with van der Waals surface area (Å²) in [5, 5.41) is 0. The van der Waals surface area contributed by atoms with Gasteiger partial charge >= 0.3 is 0 Å². The maximum absolute atomic E-state index is 13.1. The van der Waals surface area contributed by atoms with E-state index < -0.39 is 0 Å². The SMILES string of the molecule is COc1cc(C(=O)N(CCN)Cc2ccccc2)ccc1OCc1ccccc1. The molecule has 3 rings (SSSR count). The highest BCUT2D eigenvalue weighted by Gasteiger charge is 2.18. The predicted molar refractivity (Wildman–Crippen MR) is 114 cm³/mol. The summed E-state index contributed by atoms with van der Waals surface area (Å²) in [6.45, 7) is 1.81. The molecule has 3 aromatic rings. The fourth-order valence-electron chi connectivity index (χ4n) is 3.05. The molecule has 0 unspecified atom stereocenters. The minimum atomic E-state index is -0.0905. The Kier molecular flexibility index (Phi) is 7.25. The van der Waals surface area contributed by atoms with Crippen LogP contribution in [0.15, 0.2) is 78.9 Å². The zero-order valence-corrected chi connectivity index (χ0v) is 16.6. The van der Waals surface area contributed by atoms with E-state index in [9.17, 15) is 4.79 Å². The molecule has 2 N–H and O–H groups in total. The Morgan fingerprint density at radius 1 is 0.897 bits per heavy atom. The van der Waals surface area contributed by atoms with Crippen molar-refractivity contribution in [3.63, 3.8) is 0 Å². The lowest BCUT2D eigenvalue weighted by molar-refractivity contribution is 0.0747. The summed E-state index contributed by atoms with van der Waals surface area (Å²) in [5.41, 5.74) is 8.40. The van der Waals surface area contributed by atoms with E-state index in [4.69, 9.17) is 15.2 Å². The van der Waals surface area contributed by atoms with Crippen molar-refractivity contribution in [3.8, 4) is 11.5 Å². The molecule has 0 saturated heterocycles. The highest BCUT2D eigenvalue weighted by atomic mass is 16.5. The molecule has 0 saturated carbocycles. The second kappa shape index (κ2) is 10.3. The predicted octanol–water partition coefficient (Wildman–Crippen LogP) is 3.88. The summed E-state index contributed by atoms with van der Waals surface area (Å²) in [6, 6.07) is 25.0. The molecule has 1 amide bonds. The largest absolute Gasteiger partial charge is 0.493 e. The molecule has 0 aliphatic carbocycles. The number of rotatable bonds is 9. The van der Waals surface area contributed by atoms with Crippen molar-refractivity contribution in [2.24, 2.45) is 5.73 Å². The molecule has 0 atom stereocenters. The molecule has 5 heteroatoms. The molecule has 150 valence electrons. The number of hydrogen-bond acceptors (Lipinski definition) is 4. The molecule has 0 fully saturated rings.